The van der Waals surface area contributed by atoms with Crippen LogP contribution in [-0.4, -0.2) is 22.8 Å². The number of nitrogens with zero attached hydrogens (tertiary/aromatic N) is 1. The van der Waals surface area contributed by atoms with E-state index in [0.29, 0.717) is 19.4 Å². The molecule has 1 saturated heterocycles. The molecule has 136 valence electrons. The smallest absolute Gasteiger partial charge is 0.247 e. The molecule has 1 N–H and O–H groups in total. The van der Waals surface area contributed by atoms with Crippen molar-refractivity contribution in [2.75, 3.05) is 5.32 Å². The van der Waals surface area contributed by atoms with Crippen molar-refractivity contribution in [3.63, 3.8) is 0 Å². The van der Waals surface area contributed by atoms with E-state index < -0.39 is 6.04 Å². The summed E-state index contributed by atoms with van der Waals surface area (Å²) in [7, 11) is 0. The molecule has 4 nitrogen and oxygen atoms in total. The fourth-order valence-electron chi connectivity index (χ4n) is 3.26. The highest BCUT2D eigenvalue weighted by atomic mass is 16.2. The van der Waals surface area contributed by atoms with Crippen LogP contribution in [0.25, 0.3) is 0 Å². The van der Waals surface area contributed by atoms with Crippen LogP contribution in [0.3, 0.4) is 0 Å². The Balaban J connectivity index is 1.69. The Morgan fingerprint density at radius 2 is 1.73 bits per heavy atom. The van der Waals surface area contributed by atoms with Crippen LogP contribution >= 0.6 is 0 Å². The second-order valence-electron chi connectivity index (χ2n) is 7.88. The van der Waals surface area contributed by atoms with Gasteiger partial charge in [-0.1, -0.05) is 63.2 Å². The van der Waals surface area contributed by atoms with Crippen molar-refractivity contribution in [3.05, 3.63) is 65.7 Å². The van der Waals surface area contributed by atoms with Crippen molar-refractivity contribution in [2.24, 2.45) is 0 Å². The fourth-order valence-corrected chi connectivity index (χ4v) is 3.26. The number of hydrogen-bond donors (Lipinski definition) is 1. The van der Waals surface area contributed by atoms with E-state index >= 15 is 0 Å². The maximum absolute atomic E-state index is 12.7. The minimum atomic E-state index is -0.412. The molecule has 1 atom stereocenters. The Hall–Kier alpha value is -2.62. The van der Waals surface area contributed by atoms with Gasteiger partial charge < -0.3 is 10.2 Å². The van der Waals surface area contributed by atoms with Gasteiger partial charge in [0.05, 0.1) is 0 Å². The summed E-state index contributed by atoms with van der Waals surface area (Å²) in [6, 6.07) is 17.3. The lowest BCUT2D eigenvalue weighted by Crippen LogP contribution is -2.41. The van der Waals surface area contributed by atoms with Crippen LogP contribution in [0.2, 0.25) is 0 Å². The standard InChI is InChI=1S/C22H26N2O2/c1-22(2,3)17-9-11-18(12-10-17)23-21(26)19-13-14-20(25)24(19)15-16-7-5-4-6-8-16/h4-12,19H,13-15H2,1-3H3,(H,23,26). The lowest BCUT2D eigenvalue weighted by atomic mass is 9.87. The minimum absolute atomic E-state index is 0.0390. The number of nitrogens with one attached hydrogen (secondary N) is 1. The number of rotatable bonds is 4. The molecule has 0 aliphatic carbocycles. The highest BCUT2D eigenvalue weighted by Crippen LogP contribution is 2.25. The maximum atomic E-state index is 12.7. The normalized spacial score (nSPS) is 17.4. The highest BCUT2D eigenvalue weighted by Gasteiger charge is 2.35. The molecule has 0 bridgehead atoms. The fraction of sp³-hybridized carbons (Fsp3) is 0.364. The van der Waals surface area contributed by atoms with Crippen molar-refractivity contribution in [3.8, 4) is 0 Å². The lowest BCUT2D eigenvalue weighted by Gasteiger charge is -2.24. The Morgan fingerprint density at radius 3 is 2.35 bits per heavy atom. The first-order valence-electron chi connectivity index (χ1n) is 9.09. The third-order valence-corrected chi connectivity index (χ3v) is 4.85. The predicted octanol–water partition coefficient (Wildman–Crippen LogP) is 4.11. The van der Waals surface area contributed by atoms with E-state index in [2.05, 4.69) is 26.1 Å². The van der Waals surface area contributed by atoms with E-state index in [9.17, 15) is 9.59 Å². The van der Waals surface area contributed by atoms with Crippen LogP contribution in [0.1, 0.15) is 44.7 Å². The molecule has 1 fully saturated rings. The molecule has 4 heteroatoms. The zero-order valence-corrected chi connectivity index (χ0v) is 15.7. The number of amides is 2. The zero-order valence-electron chi connectivity index (χ0n) is 15.7. The molecule has 26 heavy (non-hydrogen) atoms. The van der Waals surface area contributed by atoms with Crippen molar-refractivity contribution in [1.82, 2.24) is 4.90 Å². The summed E-state index contributed by atoms with van der Waals surface area (Å²) >= 11 is 0. The van der Waals surface area contributed by atoms with E-state index in [1.54, 1.807) is 4.90 Å². The average molecular weight is 350 g/mol. The van der Waals surface area contributed by atoms with Crippen LogP contribution in [0.5, 0.6) is 0 Å². The van der Waals surface area contributed by atoms with E-state index in [0.717, 1.165) is 11.3 Å². The van der Waals surface area contributed by atoms with Gasteiger partial charge in [0, 0.05) is 18.7 Å². The van der Waals surface area contributed by atoms with E-state index in [-0.39, 0.29) is 17.2 Å². The molecular weight excluding hydrogens is 324 g/mol. The summed E-state index contributed by atoms with van der Waals surface area (Å²) in [5.41, 5.74) is 3.10. The number of benzene rings is 2. The maximum Gasteiger partial charge on any atom is 0.247 e. The van der Waals surface area contributed by atoms with Crippen molar-refractivity contribution >= 4 is 17.5 Å². The molecule has 1 aliphatic heterocycles. The summed E-state index contributed by atoms with van der Waals surface area (Å²) in [5.74, 6) is -0.0765. The van der Waals surface area contributed by atoms with Gasteiger partial charge in [0.15, 0.2) is 0 Å². The molecule has 2 aromatic carbocycles. The van der Waals surface area contributed by atoms with Gasteiger partial charge in [-0.2, -0.15) is 0 Å². The molecular formula is C22H26N2O2. The molecule has 1 heterocycles. The topological polar surface area (TPSA) is 49.4 Å². The summed E-state index contributed by atoms with van der Waals surface area (Å²) in [6.45, 7) is 6.95. The number of carbonyl (C=O) groups excluding carboxylic acids is 2. The second kappa shape index (κ2) is 7.32. The molecule has 1 unspecified atom stereocenters. The Kier molecular flexibility index (Phi) is 5.12. The highest BCUT2D eigenvalue weighted by molar-refractivity contribution is 5.99. The van der Waals surface area contributed by atoms with E-state index in [1.807, 2.05) is 54.6 Å². The Labute approximate surface area is 155 Å². The van der Waals surface area contributed by atoms with Gasteiger partial charge in [-0.15, -0.1) is 0 Å². The average Bonchev–Trinajstić information content (AvgIpc) is 2.96. The molecule has 0 aromatic heterocycles. The number of likely N-dealkylation sites (tertiary alicyclic amines) is 1. The third-order valence-electron chi connectivity index (χ3n) is 4.85. The summed E-state index contributed by atoms with van der Waals surface area (Å²) in [5, 5.41) is 2.97. The number of hydrogen-bond acceptors (Lipinski definition) is 2. The van der Waals surface area contributed by atoms with Gasteiger partial charge in [0.1, 0.15) is 6.04 Å². The minimum Gasteiger partial charge on any atom is -0.326 e. The van der Waals surface area contributed by atoms with Gasteiger partial charge in [0.2, 0.25) is 11.8 Å². The van der Waals surface area contributed by atoms with Gasteiger partial charge in [-0.3, -0.25) is 9.59 Å². The largest absolute Gasteiger partial charge is 0.326 e. The molecule has 1 aliphatic rings. The molecule has 0 spiro atoms. The van der Waals surface area contributed by atoms with Crippen LogP contribution in [0.15, 0.2) is 54.6 Å². The first-order valence-corrected chi connectivity index (χ1v) is 9.09. The van der Waals surface area contributed by atoms with Gasteiger partial charge in [-0.25, -0.2) is 0 Å². The molecule has 3 rings (SSSR count). The summed E-state index contributed by atoms with van der Waals surface area (Å²) in [6.07, 6.45) is 0.992. The van der Waals surface area contributed by atoms with Crippen molar-refractivity contribution in [1.29, 1.82) is 0 Å². The molecule has 2 aromatic rings. The van der Waals surface area contributed by atoms with Gasteiger partial charge >= 0.3 is 0 Å². The second-order valence-corrected chi connectivity index (χ2v) is 7.88. The SMILES string of the molecule is CC(C)(C)c1ccc(NC(=O)C2CCC(=O)N2Cc2ccccc2)cc1. The lowest BCUT2D eigenvalue weighted by molar-refractivity contribution is -0.133. The van der Waals surface area contributed by atoms with Crippen LogP contribution in [-0.2, 0) is 21.5 Å². The monoisotopic (exact) mass is 350 g/mol. The molecule has 0 saturated carbocycles. The Bertz CT molecular complexity index is 776. The quantitative estimate of drug-likeness (QED) is 0.902. The zero-order chi connectivity index (χ0) is 18.7. The predicted molar refractivity (Wildman–Crippen MR) is 104 cm³/mol. The number of carbonyl (C=O) groups is 2. The van der Waals surface area contributed by atoms with Crippen LogP contribution < -0.4 is 5.32 Å². The van der Waals surface area contributed by atoms with Crippen LogP contribution in [0.4, 0.5) is 5.69 Å². The summed E-state index contributed by atoms with van der Waals surface area (Å²) in [4.78, 5) is 26.7. The first-order chi connectivity index (χ1) is 12.3. The van der Waals surface area contributed by atoms with Crippen molar-refractivity contribution < 1.29 is 9.59 Å². The van der Waals surface area contributed by atoms with E-state index in [1.165, 1.54) is 5.56 Å². The Morgan fingerprint density at radius 1 is 1.08 bits per heavy atom. The van der Waals surface area contributed by atoms with Crippen molar-refractivity contribution in [2.45, 2.75) is 51.6 Å². The van der Waals surface area contributed by atoms with E-state index in [4.69, 9.17) is 0 Å². The summed E-state index contributed by atoms with van der Waals surface area (Å²) < 4.78 is 0. The molecule has 0 radical (unpaired) electrons. The molecule has 2 amide bonds. The number of anilines is 1. The first kappa shape index (κ1) is 18.2. The third kappa shape index (κ3) is 4.13. The van der Waals surface area contributed by atoms with Gasteiger partial charge in [0.25, 0.3) is 0 Å². The van der Waals surface area contributed by atoms with Gasteiger partial charge in [-0.05, 0) is 35.1 Å². The van der Waals surface area contributed by atoms with Crippen LogP contribution in [0, 0.1) is 0 Å².